The van der Waals surface area contributed by atoms with Gasteiger partial charge in [0.25, 0.3) is 0 Å². The van der Waals surface area contributed by atoms with E-state index in [9.17, 15) is 9.90 Å². The molecule has 3 aromatic heterocycles. The van der Waals surface area contributed by atoms with E-state index < -0.39 is 62.1 Å². The number of epoxide rings is 1. The van der Waals surface area contributed by atoms with Crippen molar-refractivity contribution in [1.29, 1.82) is 0 Å². The maximum atomic E-state index is 17.1. The van der Waals surface area contributed by atoms with Crippen molar-refractivity contribution in [2.45, 2.75) is 243 Å². The van der Waals surface area contributed by atoms with Gasteiger partial charge in [0.05, 0.1) is 40.7 Å². The third kappa shape index (κ3) is 7.64. The van der Waals surface area contributed by atoms with Crippen LogP contribution in [0.5, 0.6) is 0 Å². The number of aliphatic hydroxyl groups is 2. The number of H-pyrrole nitrogens is 2. The fourth-order valence-corrected chi connectivity index (χ4v) is 25.1. The number of carbonyl (C=O) groups is 3. The normalized spacial score (nSPS) is 40.5. The topological polar surface area (TPSA) is 150 Å². The molecule has 17 rings (SSSR count). The van der Waals surface area contributed by atoms with Crippen molar-refractivity contribution in [1.82, 2.24) is 14.5 Å². The minimum absolute atomic E-state index is 0.0384. The van der Waals surface area contributed by atoms with Crippen molar-refractivity contribution in [3.8, 4) is 0 Å². The van der Waals surface area contributed by atoms with Crippen LogP contribution in [0.15, 0.2) is 72.2 Å². The molecule has 6 bridgehead atoms. The Morgan fingerprint density at radius 2 is 1.56 bits per heavy atom. The Hall–Kier alpha value is -4.87. The summed E-state index contributed by atoms with van der Waals surface area (Å²) in [6.45, 7) is 18.4. The van der Waals surface area contributed by atoms with Gasteiger partial charge in [-0.2, -0.15) is 0 Å². The van der Waals surface area contributed by atoms with E-state index in [1.165, 1.54) is 77.5 Å². The van der Waals surface area contributed by atoms with Gasteiger partial charge in [-0.05, 0) is 230 Å². The molecule has 4 N–H and O–H groups in total. The SMILES string of the molecule is CC1(C)O[C@@H]1[C@H](O)C[C@]1(C)CCc2c[nH]c3c([C@H](C=O)c4cc(C5CCCCC5)cc(C5CCOCC5)c4)cn(c23)C[C@@H]2C3=C1C(=O)C[C@]3(C)[C@@]1(C)CC[C@H]3[C@@]4(C)C(=O)[C@H]5c6c(c[nH]c6[C@H]6CC[C@@]5(C6)[C@@]3(C)[C@H]1[C@@H]2O)Cc1cccc(c1)C[C@H]1CCC[C@@H]14. The first kappa shape index (κ1) is 57.1. The summed E-state index contributed by atoms with van der Waals surface area (Å²) in [4.78, 5) is 55.4. The molecule has 5 aromatic rings. The summed E-state index contributed by atoms with van der Waals surface area (Å²) in [6, 6.07) is 16.6. The highest BCUT2D eigenvalue weighted by molar-refractivity contribution is 6.02. The Kier molecular flexibility index (Phi) is 12.7. The number of rotatable bonds is 8. The van der Waals surface area contributed by atoms with Crippen molar-refractivity contribution in [3.05, 3.63) is 128 Å². The average Bonchev–Trinajstić information content (AvgIpc) is 1.14. The van der Waals surface area contributed by atoms with E-state index in [1.54, 1.807) is 0 Å². The third-order valence-electron chi connectivity index (χ3n) is 29.2. The molecule has 88 heavy (non-hydrogen) atoms. The van der Waals surface area contributed by atoms with Crippen LogP contribution in [0.3, 0.4) is 0 Å². The lowest BCUT2D eigenvalue weighted by Gasteiger charge is -2.76. The Balaban J connectivity index is 0.865. The molecule has 0 unspecified atom stereocenters. The first-order valence-electron chi connectivity index (χ1n) is 35.3. The van der Waals surface area contributed by atoms with Crippen molar-refractivity contribution in [2.24, 2.45) is 62.1 Å². The zero-order chi connectivity index (χ0) is 60.4. The molecule has 6 heterocycles. The van der Waals surface area contributed by atoms with Crippen molar-refractivity contribution >= 4 is 28.9 Å². The molecule has 3 aliphatic heterocycles. The Labute approximate surface area is 521 Å². The molecule has 1 spiro atoms. The molecule has 2 saturated heterocycles. The standard InChI is InChI=1S/C78H97N3O7/c1-72(2)71(88-72)59(84)36-73(3)24-19-49-38-80-66-54(56(42-82)52-33-50(45-15-9-8-10-16-45)32-51(34-52)46-22-27-87-28-23-46)40-81(67(49)66)41-55-62-63(73)58(83)37-75(62,5)74(4)25-21-60-76(6)57-18-12-17-47(57)30-43-13-11-14-44(29-43)31-53-39-79-65-48-20-26-78(35-48,64(61(53)65)70(76)86)77(60,7)69(74)68(55)85/h11,13-14,29,32-34,38-40,42,45-48,55-57,59-60,64,68-69,71,79-80,84-85H,8-10,12,15-28,30-31,35-37,41H2,1-7H3/t47-,48+,55-,56-,57+,59-,60+,64-,68-,69+,71-,73+,74+,75+,76+,77-,78+/m1/s1. The summed E-state index contributed by atoms with van der Waals surface area (Å²) in [5, 5.41) is 27.5. The monoisotopic (exact) mass is 1190 g/mol. The summed E-state index contributed by atoms with van der Waals surface area (Å²) >= 11 is 0. The maximum Gasteiger partial charge on any atom is 0.160 e. The second-order valence-corrected chi connectivity index (χ2v) is 33.4. The molecular formula is C78H97N3O7. The van der Waals surface area contributed by atoms with Gasteiger partial charge < -0.3 is 39.0 Å². The first-order valence-corrected chi connectivity index (χ1v) is 35.3. The van der Waals surface area contributed by atoms with Crippen LogP contribution in [0, 0.1) is 62.1 Å². The number of aliphatic hydroxyl groups excluding tert-OH is 2. The smallest absolute Gasteiger partial charge is 0.160 e. The number of Topliss-reactive ketones (excluding diaryl/α,β-unsaturated/α-hetero) is 2. The van der Waals surface area contributed by atoms with Crippen LogP contribution in [0.4, 0.5) is 0 Å². The average molecular weight is 1190 g/mol. The van der Waals surface area contributed by atoms with Crippen LogP contribution in [-0.4, -0.2) is 79.7 Å². The fourth-order valence-electron chi connectivity index (χ4n) is 25.1. The molecule has 466 valence electrons. The number of benzene rings is 2. The van der Waals surface area contributed by atoms with Crippen LogP contribution >= 0.6 is 0 Å². The molecule has 2 aromatic carbocycles. The van der Waals surface area contributed by atoms with E-state index in [1.807, 2.05) is 0 Å². The second-order valence-electron chi connectivity index (χ2n) is 33.4. The number of nitrogens with one attached hydrogen (secondary N) is 2. The predicted octanol–water partition coefficient (Wildman–Crippen LogP) is 15.0. The number of aldehydes is 1. The number of nitrogens with zero attached hydrogens (tertiary/aromatic N) is 1. The number of hydrogen-bond acceptors (Lipinski definition) is 7. The summed E-state index contributed by atoms with van der Waals surface area (Å²) in [6.07, 6.45) is 25.7. The number of aromatic nitrogens is 3. The van der Waals surface area contributed by atoms with E-state index in [2.05, 4.69) is 124 Å². The van der Waals surface area contributed by atoms with Gasteiger partial charge in [-0.3, -0.25) is 9.59 Å². The number of ketones is 2. The van der Waals surface area contributed by atoms with Gasteiger partial charge in [0.15, 0.2) is 5.78 Å². The number of fused-ring (bicyclic) bond motifs is 12. The fraction of sp³-hybridized carbons (Fsp3) is 0.654. The first-order chi connectivity index (χ1) is 42.2. The Morgan fingerprint density at radius 1 is 0.807 bits per heavy atom. The summed E-state index contributed by atoms with van der Waals surface area (Å²) in [7, 11) is 0. The number of carbonyl (C=O) groups excluding carboxylic acids is 3. The lowest BCUT2D eigenvalue weighted by Crippen LogP contribution is -2.75. The highest BCUT2D eigenvalue weighted by Gasteiger charge is 2.81. The van der Waals surface area contributed by atoms with E-state index >= 15 is 14.7 Å². The van der Waals surface area contributed by atoms with Crippen molar-refractivity contribution in [2.75, 3.05) is 13.2 Å². The number of ether oxygens (including phenoxy) is 2. The number of allylic oxidation sites excluding steroid dienone is 1. The molecule has 10 heteroatoms. The molecule has 0 amide bonds. The van der Waals surface area contributed by atoms with Crippen LogP contribution in [0.25, 0.3) is 11.0 Å². The number of aromatic amines is 2. The lowest BCUT2D eigenvalue weighted by molar-refractivity contribution is -0.272. The molecule has 10 nitrogen and oxygen atoms in total. The van der Waals surface area contributed by atoms with Gasteiger partial charge in [0, 0.05) is 78.3 Å². The van der Waals surface area contributed by atoms with Crippen LogP contribution in [0.1, 0.15) is 249 Å². The lowest BCUT2D eigenvalue weighted by atomic mass is 9.27. The highest BCUT2D eigenvalue weighted by Crippen LogP contribution is 2.85. The molecule has 8 fully saturated rings. The van der Waals surface area contributed by atoms with E-state index in [4.69, 9.17) is 9.47 Å². The Bertz CT molecular complexity index is 3720. The number of aryl methyl sites for hydroxylation is 1. The summed E-state index contributed by atoms with van der Waals surface area (Å²) < 4.78 is 14.6. The zero-order valence-corrected chi connectivity index (χ0v) is 53.7. The van der Waals surface area contributed by atoms with Crippen molar-refractivity contribution in [3.63, 3.8) is 0 Å². The maximum absolute atomic E-state index is 17.1. The van der Waals surface area contributed by atoms with Gasteiger partial charge in [-0.15, -0.1) is 0 Å². The zero-order valence-electron chi connectivity index (χ0n) is 53.7. The van der Waals surface area contributed by atoms with Crippen LogP contribution in [0.2, 0.25) is 0 Å². The van der Waals surface area contributed by atoms with Crippen LogP contribution < -0.4 is 0 Å². The molecule has 6 saturated carbocycles. The second kappa shape index (κ2) is 19.6. The molecule has 0 radical (unpaired) electrons. The summed E-state index contributed by atoms with van der Waals surface area (Å²) in [5.74, 6) is 0.927. The van der Waals surface area contributed by atoms with Crippen LogP contribution in [-0.2, 0) is 49.7 Å². The van der Waals surface area contributed by atoms with Gasteiger partial charge in [-0.25, -0.2) is 0 Å². The minimum atomic E-state index is -0.864. The molecule has 12 aliphatic rings. The van der Waals surface area contributed by atoms with Gasteiger partial charge >= 0.3 is 0 Å². The summed E-state index contributed by atoms with van der Waals surface area (Å²) in [5.41, 5.74) is 12.6. The largest absolute Gasteiger partial charge is 0.392 e. The van der Waals surface area contributed by atoms with Crippen molar-refractivity contribution < 1.29 is 34.1 Å². The number of hydrogen-bond donors (Lipinski definition) is 4. The highest BCUT2D eigenvalue weighted by atomic mass is 16.6. The van der Waals surface area contributed by atoms with E-state index in [-0.39, 0.29) is 35.6 Å². The molecule has 9 aliphatic carbocycles. The predicted molar refractivity (Wildman–Crippen MR) is 341 cm³/mol. The van der Waals surface area contributed by atoms with Gasteiger partial charge in [0.2, 0.25) is 0 Å². The third-order valence-corrected chi connectivity index (χ3v) is 29.2. The quantitative estimate of drug-likeness (QED) is 0.0892. The van der Waals surface area contributed by atoms with Gasteiger partial charge in [-0.1, -0.05) is 103 Å². The molecular weight excluding hydrogens is 1090 g/mol. The Morgan fingerprint density at radius 3 is 2.32 bits per heavy atom. The molecule has 17 atom stereocenters. The van der Waals surface area contributed by atoms with Gasteiger partial charge in [0.1, 0.15) is 18.2 Å². The van der Waals surface area contributed by atoms with E-state index in [0.29, 0.717) is 61.7 Å². The minimum Gasteiger partial charge on any atom is -0.392 e. The van der Waals surface area contributed by atoms with E-state index in [0.717, 1.165) is 129 Å².